The third kappa shape index (κ3) is 2.87. The Morgan fingerprint density at radius 2 is 2.00 bits per heavy atom. The summed E-state index contributed by atoms with van der Waals surface area (Å²) in [5.74, 6) is 0. The zero-order chi connectivity index (χ0) is 11.2. The highest BCUT2D eigenvalue weighted by molar-refractivity contribution is 5.25. The summed E-state index contributed by atoms with van der Waals surface area (Å²) in [6.45, 7) is 3.77. The lowest BCUT2D eigenvalue weighted by Gasteiger charge is -2.06. The number of rotatable bonds is 4. The zero-order valence-corrected chi connectivity index (χ0v) is 9.35. The van der Waals surface area contributed by atoms with Gasteiger partial charge in [-0.2, -0.15) is 0 Å². The Balaban J connectivity index is 1.87. The number of aromatic nitrogens is 2. The smallest absolute Gasteiger partial charge is 0.115 e. The van der Waals surface area contributed by atoms with Crippen LogP contribution in [-0.4, -0.2) is 9.97 Å². The minimum Gasteiger partial charge on any atom is -0.307 e. The van der Waals surface area contributed by atoms with Gasteiger partial charge in [0.25, 0.3) is 0 Å². The molecule has 1 N–H and O–H groups in total. The first-order valence-corrected chi connectivity index (χ1v) is 5.36. The molecule has 16 heavy (non-hydrogen) atoms. The number of nitrogens with one attached hydrogen (secondary N) is 1. The second-order valence-electron chi connectivity index (χ2n) is 3.73. The minimum atomic E-state index is 0.775. The molecule has 0 saturated carbocycles. The van der Waals surface area contributed by atoms with E-state index in [1.165, 1.54) is 11.1 Å². The molecule has 2 rings (SSSR count). The van der Waals surface area contributed by atoms with E-state index in [2.05, 4.69) is 46.5 Å². The standard InChI is InChI=1S/C13H15N3/c1-11-4-2-3-5-12(11)8-15-9-13-6-7-14-10-16-13/h2-7,10,15H,8-9H2,1H3. The highest BCUT2D eigenvalue weighted by atomic mass is 14.9. The van der Waals surface area contributed by atoms with Crippen molar-refractivity contribution in [3.63, 3.8) is 0 Å². The van der Waals surface area contributed by atoms with Gasteiger partial charge in [-0.05, 0) is 24.1 Å². The summed E-state index contributed by atoms with van der Waals surface area (Å²) in [6.07, 6.45) is 3.34. The molecule has 0 spiro atoms. The molecule has 0 radical (unpaired) electrons. The van der Waals surface area contributed by atoms with Crippen molar-refractivity contribution in [1.82, 2.24) is 15.3 Å². The van der Waals surface area contributed by atoms with Crippen molar-refractivity contribution in [1.29, 1.82) is 0 Å². The lowest BCUT2D eigenvalue weighted by atomic mass is 10.1. The van der Waals surface area contributed by atoms with Crippen LogP contribution in [-0.2, 0) is 13.1 Å². The lowest BCUT2D eigenvalue weighted by molar-refractivity contribution is 0.675. The molecular formula is C13H15N3. The molecule has 0 amide bonds. The van der Waals surface area contributed by atoms with Gasteiger partial charge in [0.2, 0.25) is 0 Å². The number of hydrogen-bond donors (Lipinski definition) is 1. The largest absolute Gasteiger partial charge is 0.307 e. The molecule has 0 aliphatic heterocycles. The van der Waals surface area contributed by atoms with Gasteiger partial charge < -0.3 is 5.32 Å². The van der Waals surface area contributed by atoms with Gasteiger partial charge in [-0.3, -0.25) is 0 Å². The molecular weight excluding hydrogens is 198 g/mol. The summed E-state index contributed by atoms with van der Waals surface area (Å²) >= 11 is 0. The summed E-state index contributed by atoms with van der Waals surface area (Å²) < 4.78 is 0. The van der Waals surface area contributed by atoms with Gasteiger partial charge in [0, 0.05) is 19.3 Å². The molecule has 3 nitrogen and oxygen atoms in total. The Morgan fingerprint density at radius 1 is 1.12 bits per heavy atom. The monoisotopic (exact) mass is 213 g/mol. The average Bonchev–Trinajstić information content (AvgIpc) is 2.33. The Labute approximate surface area is 95.6 Å². The minimum absolute atomic E-state index is 0.775. The van der Waals surface area contributed by atoms with Gasteiger partial charge in [0.05, 0.1) is 5.69 Å². The van der Waals surface area contributed by atoms with Crippen LogP contribution in [0.2, 0.25) is 0 Å². The Bertz CT molecular complexity index is 440. The molecule has 0 fully saturated rings. The van der Waals surface area contributed by atoms with E-state index in [4.69, 9.17) is 0 Å². The van der Waals surface area contributed by atoms with Crippen molar-refractivity contribution in [3.8, 4) is 0 Å². The van der Waals surface area contributed by atoms with Crippen molar-refractivity contribution in [2.75, 3.05) is 0 Å². The van der Waals surface area contributed by atoms with Crippen LogP contribution in [0.5, 0.6) is 0 Å². The lowest BCUT2D eigenvalue weighted by Crippen LogP contribution is -2.14. The number of nitrogens with zero attached hydrogens (tertiary/aromatic N) is 2. The van der Waals surface area contributed by atoms with Crippen LogP contribution in [0.4, 0.5) is 0 Å². The van der Waals surface area contributed by atoms with Crippen LogP contribution in [0.15, 0.2) is 42.9 Å². The highest BCUT2D eigenvalue weighted by Gasteiger charge is 1.97. The van der Waals surface area contributed by atoms with E-state index in [1.807, 2.05) is 6.07 Å². The van der Waals surface area contributed by atoms with Crippen LogP contribution in [0, 0.1) is 6.92 Å². The summed E-state index contributed by atoms with van der Waals surface area (Å²) in [7, 11) is 0. The molecule has 3 heteroatoms. The molecule has 2 aromatic rings. The van der Waals surface area contributed by atoms with Crippen LogP contribution < -0.4 is 5.32 Å². The van der Waals surface area contributed by atoms with E-state index in [1.54, 1.807) is 12.5 Å². The van der Waals surface area contributed by atoms with Crippen LogP contribution in [0.25, 0.3) is 0 Å². The molecule has 1 heterocycles. The molecule has 0 bridgehead atoms. The Hall–Kier alpha value is -1.74. The van der Waals surface area contributed by atoms with E-state index in [0.717, 1.165) is 18.8 Å². The summed E-state index contributed by atoms with van der Waals surface area (Å²) in [5.41, 5.74) is 3.66. The normalized spacial score (nSPS) is 10.3. The molecule has 0 unspecified atom stereocenters. The van der Waals surface area contributed by atoms with Crippen molar-refractivity contribution < 1.29 is 0 Å². The first-order chi connectivity index (χ1) is 7.86. The maximum atomic E-state index is 4.16. The predicted octanol–water partition coefficient (Wildman–Crippen LogP) is 2.07. The first-order valence-electron chi connectivity index (χ1n) is 5.36. The zero-order valence-electron chi connectivity index (χ0n) is 9.35. The van der Waals surface area contributed by atoms with Gasteiger partial charge in [-0.15, -0.1) is 0 Å². The molecule has 0 aliphatic carbocycles. The van der Waals surface area contributed by atoms with Crippen molar-refractivity contribution in [2.24, 2.45) is 0 Å². The van der Waals surface area contributed by atoms with E-state index in [9.17, 15) is 0 Å². The predicted molar refractivity (Wildman–Crippen MR) is 63.8 cm³/mol. The van der Waals surface area contributed by atoms with Gasteiger partial charge >= 0.3 is 0 Å². The third-order valence-corrected chi connectivity index (χ3v) is 2.53. The molecule has 1 aromatic carbocycles. The highest BCUT2D eigenvalue weighted by Crippen LogP contribution is 2.06. The maximum Gasteiger partial charge on any atom is 0.115 e. The third-order valence-electron chi connectivity index (χ3n) is 2.53. The van der Waals surface area contributed by atoms with E-state index >= 15 is 0 Å². The Kier molecular flexibility index (Phi) is 3.62. The van der Waals surface area contributed by atoms with Gasteiger partial charge in [0.15, 0.2) is 0 Å². The summed E-state index contributed by atoms with van der Waals surface area (Å²) in [5, 5.41) is 3.37. The van der Waals surface area contributed by atoms with Crippen LogP contribution in [0.3, 0.4) is 0 Å². The molecule has 0 atom stereocenters. The number of aryl methyl sites for hydroxylation is 1. The SMILES string of the molecule is Cc1ccccc1CNCc1ccncn1. The molecule has 82 valence electrons. The van der Waals surface area contributed by atoms with Gasteiger partial charge in [-0.1, -0.05) is 24.3 Å². The van der Waals surface area contributed by atoms with E-state index in [0.29, 0.717) is 0 Å². The fourth-order valence-corrected chi connectivity index (χ4v) is 1.56. The average molecular weight is 213 g/mol. The molecule has 0 saturated heterocycles. The Morgan fingerprint density at radius 3 is 2.75 bits per heavy atom. The van der Waals surface area contributed by atoms with E-state index in [-0.39, 0.29) is 0 Å². The second kappa shape index (κ2) is 5.37. The fourth-order valence-electron chi connectivity index (χ4n) is 1.56. The quantitative estimate of drug-likeness (QED) is 0.845. The van der Waals surface area contributed by atoms with Crippen molar-refractivity contribution in [3.05, 3.63) is 59.7 Å². The van der Waals surface area contributed by atoms with Crippen molar-refractivity contribution in [2.45, 2.75) is 20.0 Å². The van der Waals surface area contributed by atoms with Gasteiger partial charge in [-0.25, -0.2) is 9.97 Å². The van der Waals surface area contributed by atoms with Gasteiger partial charge in [0.1, 0.15) is 6.33 Å². The number of benzene rings is 1. The first kappa shape index (κ1) is 10.8. The van der Waals surface area contributed by atoms with Crippen LogP contribution in [0.1, 0.15) is 16.8 Å². The fraction of sp³-hybridized carbons (Fsp3) is 0.231. The summed E-state index contributed by atoms with van der Waals surface area (Å²) in [6, 6.07) is 10.3. The molecule has 0 aliphatic rings. The van der Waals surface area contributed by atoms with E-state index < -0.39 is 0 Å². The topological polar surface area (TPSA) is 37.8 Å². The molecule has 1 aromatic heterocycles. The number of hydrogen-bond acceptors (Lipinski definition) is 3. The maximum absolute atomic E-state index is 4.16. The second-order valence-corrected chi connectivity index (χ2v) is 3.73. The van der Waals surface area contributed by atoms with Crippen molar-refractivity contribution >= 4 is 0 Å². The summed E-state index contributed by atoms with van der Waals surface area (Å²) in [4.78, 5) is 8.05. The van der Waals surface area contributed by atoms with Crippen LogP contribution >= 0.6 is 0 Å².